The normalized spacial score (nSPS) is 11.8. The van der Waals surface area contributed by atoms with Gasteiger partial charge in [-0.05, 0) is 42.4 Å². The quantitative estimate of drug-likeness (QED) is 0.827. The second-order valence-electron chi connectivity index (χ2n) is 6.75. The van der Waals surface area contributed by atoms with E-state index >= 15 is 0 Å². The van der Waals surface area contributed by atoms with Crippen LogP contribution in [0.25, 0.3) is 5.69 Å². The van der Waals surface area contributed by atoms with Crippen molar-refractivity contribution < 1.29 is 5.11 Å². The fourth-order valence-electron chi connectivity index (χ4n) is 2.30. The summed E-state index contributed by atoms with van der Waals surface area (Å²) in [5, 5.41) is 16.9. The van der Waals surface area contributed by atoms with Gasteiger partial charge in [0.1, 0.15) is 5.69 Å². The SMILES string of the molecule is CC(C)(C)CCCCc1ccc(-n2cc(CO)nn2)cc1. The highest BCUT2D eigenvalue weighted by Gasteiger charge is 2.09. The molecular weight excluding hydrogens is 262 g/mol. The molecule has 0 aliphatic carbocycles. The van der Waals surface area contributed by atoms with Gasteiger partial charge in [-0.3, -0.25) is 0 Å². The van der Waals surface area contributed by atoms with E-state index in [2.05, 4.69) is 55.3 Å². The van der Waals surface area contributed by atoms with Gasteiger partial charge in [-0.15, -0.1) is 5.10 Å². The molecule has 1 N–H and O–H groups in total. The maximum absolute atomic E-state index is 9.00. The number of aliphatic hydroxyl groups is 1. The molecule has 2 aromatic rings. The molecule has 114 valence electrons. The van der Waals surface area contributed by atoms with E-state index in [9.17, 15) is 0 Å². The van der Waals surface area contributed by atoms with Crippen LogP contribution in [0.4, 0.5) is 0 Å². The summed E-state index contributed by atoms with van der Waals surface area (Å²) in [5.74, 6) is 0. The molecule has 0 saturated heterocycles. The van der Waals surface area contributed by atoms with Crippen LogP contribution in [-0.2, 0) is 13.0 Å². The molecule has 1 aromatic carbocycles. The number of nitrogens with zero attached hydrogens (tertiary/aromatic N) is 3. The number of aromatic nitrogens is 3. The molecular formula is C17H25N3O. The topological polar surface area (TPSA) is 50.9 Å². The summed E-state index contributed by atoms with van der Waals surface area (Å²) < 4.78 is 1.69. The van der Waals surface area contributed by atoms with E-state index in [-0.39, 0.29) is 6.61 Å². The summed E-state index contributed by atoms with van der Waals surface area (Å²) in [6.07, 6.45) is 6.64. The van der Waals surface area contributed by atoms with E-state index in [0.29, 0.717) is 11.1 Å². The standard InChI is InChI=1S/C17H25N3O/c1-17(2,3)11-5-4-6-14-7-9-16(10-8-14)20-12-15(13-21)18-19-20/h7-10,12,21H,4-6,11,13H2,1-3H3. The van der Waals surface area contributed by atoms with E-state index in [1.165, 1.54) is 24.8 Å². The van der Waals surface area contributed by atoms with E-state index in [1.54, 1.807) is 10.9 Å². The monoisotopic (exact) mass is 287 g/mol. The van der Waals surface area contributed by atoms with Crippen LogP contribution >= 0.6 is 0 Å². The Morgan fingerprint density at radius 1 is 1.10 bits per heavy atom. The highest BCUT2D eigenvalue weighted by atomic mass is 16.3. The van der Waals surface area contributed by atoms with E-state index in [0.717, 1.165) is 12.1 Å². The third-order valence-corrected chi connectivity index (χ3v) is 3.55. The first kappa shape index (κ1) is 15.7. The zero-order valence-electron chi connectivity index (χ0n) is 13.2. The van der Waals surface area contributed by atoms with Crippen LogP contribution in [0.3, 0.4) is 0 Å². The molecule has 1 heterocycles. The summed E-state index contributed by atoms with van der Waals surface area (Å²) >= 11 is 0. The van der Waals surface area contributed by atoms with Crippen molar-refractivity contribution in [1.29, 1.82) is 0 Å². The highest BCUT2D eigenvalue weighted by Crippen LogP contribution is 2.22. The molecule has 2 rings (SSSR count). The van der Waals surface area contributed by atoms with Gasteiger partial charge in [-0.25, -0.2) is 4.68 Å². The molecule has 0 spiro atoms. The third kappa shape index (κ3) is 4.97. The van der Waals surface area contributed by atoms with Crippen LogP contribution in [0.2, 0.25) is 0 Å². The van der Waals surface area contributed by atoms with Crippen LogP contribution in [0.1, 0.15) is 51.3 Å². The number of benzene rings is 1. The Labute approximate surface area is 126 Å². The van der Waals surface area contributed by atoms with Gasteiger partial charge in [0.25, 0.3) is 0 Å². The number of aryl methyl sites for hydroxylation is 1. The van der Waals surface area contributed by atoms with Crippen molar-refractivity contribution in [3.63, 3.8) is 0 Å². The zero-order chi connectivity index (χ0) is 15.3. The van der Waals surface area contributed by atoms with Crippen molar-refractivity contribution in [3.05, 3.63) is 41.7 Å². The molecule has 0 fully saturated rings. The van der Waals surface area contributed by atoms with Gasteiger partial charge in [0.2, 0.25) is 0 Å². The molecule has 4 heteroatoms. The van der Waals surface area contributed by atoms with Crippen LogP contribution in [-0.4, -0.2) is 20.1 Å². The summed E-state index contributed by atoms with van der Waals surface area (Å²) in [6.45, 7) is 6.80. The van der Waals surface area contributed by atoms with Crippen molar-refractivity contribution in [2.45, 2.75) is 53.1 Å². The molecule has 0 atom stereocenters. The minimum atomic E-state index is -0.0775. The number of hydrogen-bond donors (Lipinski definition) is 1. The lowest BCUT2D eigenvalue weighted by molar-refractivity contribution is 0.276. The Hall–Kier alpha value is -1.68. The van der Waals surface area contributed by atoms with Crippen molar-refractivity contribution in [1.82, 2.24) is 15.0 Å². The summed E-state index contributed by atoms with van der Waals surface area (Å²) in [6, 6.07) is 8.39. The van der Waals surface area contributed by atoms with Gasteiger partial charge in [0.15, 0.2) is 0 Å². The van der Waals surface area contributed by atoms with Gasteiger partial charge in [0.05, 0.1) is 18.5 Å². The van der Waals surface area contributed by atoms with E-state index < -0.39 is 0 Å². The molecule has 0 aliphatic rings. The minimum absolute atomic E-state index is 0.0775. The average Bonchev–Trinajstić information content (AvgIpc) is 2.92. The molecule has 0 bridgehead atoms. The van der Waals surface area contributed by atoms with Gasteiger partial charge >= 0.3 is 0 Å². The lowest BCUT2D eigenvalue weighted by Crippen LogP contribution is -2.04. The van der Waals surface area contributed by atoms with Crippen molar-refractivity contribution in [2.75, 3.05) is 0 Å². The van der Waals surface area contributed by atoms with Crippen LogP contribution in [0, 0.1) is 5.41 Å². The summed E-state index contributed by atoms with van der Waals surface area (Å²) in [7, 11) is 0. The molecule has 21 heavy (non-hydrogen) atoms. The first-order chi connectivity index (χ1) is 9.98. The molecule has 0 aliphatic heterocycles. The maximum Gasteiger partial charge on any atom is 0.109 e. The Bertz CT molecular complexity index is 552. The fourth-order valence-corrected chi connectivity index (χ4v) is 2.30. The van der Waals surface area contributed by atoms with Crippen molar-refractivity contribution >= 4 is 0 Å². The van der Waals surface area contributed by atoms with Gasteiger partial charge in [-0.1, -0.05) is 44.5 Å². The first-order valence-corrected chi connectivity index (χ1v) is 7.59. The fraction of sp³-hybridized carbons (Fsp3) is 0.529. The predicted molar refractivity (Wildman–Crippen MR) is 84.3 cm³/mol. The van der Waals surface area contributed by atoms with Gasteiger partial charge in [0, 0.05) is 0 Å². The number of unbranched alkanes of at least 4 members (excludes halogenated alkanes) is 1. The second kappa shape index (κ2) is 6.85. The number of hydrogen-bond acceptors (Lipinski definition) is 3. The molecule has 0 saturated carbocycles. The molecule has 1 aromatic heterocycles. The second-order valence-corrected chi connectivity index (χ2v) is 6.75. The lowest BCUT2D eigenvalue weighted by atomic mass is 9.89. The Kier molecular flexibility index (Phi) is 5.12. The molecule has 0 unspecified atom stereocenters. The Balaban J connectivity index is 1.87. The Morgan fingerprint density at radius 3 is 2.38 bits per heavy atom. The van der Waals surface area contributed by atoms with Crippen LogP contribution in [0.15, 0.2) is 30.5 Å². The molecule has 0 amide bonds. The third-order valence-electron chi connectivity index (χ3n) is 3.55. The zero-order valence-corrected chi connectivity index (χ0v) is 13.2. The van der Waals surface area contributed by atoms with E-state index in [4.69, 9.17) is 5.11 Å². The largest absolute Gasteiger partial charge is 0.390 e. The smallest absolute Gasteiger partial charge is 0.109 e. The van der Waals surface area contributed by atoms with Gasteiger partial charge in [-0.2, -0.15) is 0 Å². The van der Waals surface area contributed by atoms with Crippen molar-refractivity contribution in [3.8, 4) is 5.69 Å². The van der Waals surface area contributed by atoms with Crippen molar-refractivity contribution in [2.24, 2.45) is 5.41 Å². The minimum Gasteiger partial charge on any atom is -0.390 e. The molecule has 4 nitrogen and oxygen atoms in total. The van der Waals surface area contributed by atoms with Gasteiger partial charge < -0.3 is 5.11 Å². The number of rotatable bonds is 6. The summed E-state index contributed by atoms with van der Waals surface area (Å²) in [4.78, 5) is 0. The maximum atomic E-state index is 9.00. The van der Waals surface area contributed by atoms with Crippen LogP contribution in [0.5, 0.6) is 0 Å². The summed E-state index contributed by atoms with van der Waals surface area (Å²) in [5.41, 5.74) is 3.35. The lowest BCUT2D eigenvalue weighted by Gasteiger charge is -2.17. The molecule has 0 radical (unpaired) electrons. The van der Waals surface area contributed by atoms with E-state index in [1.807, 2.05) is 0 Å². The Morgan fingerprint density at radius 2 is 1.81 bits per heavy atom. The average molecular weight is 287 g/mol. The van der Waals surface area contributed by atoms with Crippen LogP contribution < -0.4 is 0 Å². The first-order valence-electron chi connectivity index (χ1n) is 7.59. The predicted octanol–water partition coefficient (Wildman–Crippen LogP) is 3.52. The highest BCUT2D eigenvalue weighted by molar-refractivity contribution is 5.33. The number of aliphatic hydroxyl groups excluding tert-OH is 1.